The molecule has 4 nitrogen and oxygen atoms in total. The van der Waals surface area contributed by atoms with Gasteiger partial charge in [-0.2, -0.15) is 0 Å². The normalized spacial score (nSPS) is 39.4. The van der Waals surface area contributed by atoms with E-state index >= 15 is 0 Å². The number of nitrogens with one attached hydrogen (secondary N) is 1. The second kappa shape index (κ2) is 4.71. The Balaban J connectivity index is 1.57. The fourth-order valence-corrected chi connectivity index (χ4v) is 5.26. The molecule has 1 aromatic carbocycles. The van der Waals surface area contributed by atoms with Gasteiger partial charge in [0.05, 0.1) is 16.7 Å². The van der Waals surface area contributed by atoms with Crippen LogP contribution >= 0.6 is 27.5 Å². The lowest BCUT2D eigenvalue weighted by Crippen LogP contribution is -2.40. The first kappa shape index (κ1) is 13.6. The van der Waals surface area contributed by atoms with Crippen LogP contribution in [0.15, 0.2) is 24.3 Å². The molecule has 2 saturated carbocycles. The summed E-state index contributed by atoms with van der Waals surface area (Å²) in [5, 5.41) is 3.51. The number of carbonyl (C=O) groups excluding carboxylic acids is 2. The second-order valence-corrected chi connectivity index (χ2v) is 7.45. The molecule has 1 amide bonds. The van der Waals surface area contributed by atoms with Gasteiger partial charge in [-0.1, -0.05) is 27.5 Å². The van der Waals surface area contributed by atoms with Crippen LogP contribution in [0.3, 0.4) is 0 Å². The maximum absolute atomic E-state index is 12.6. The number of benzene rings is 1. The molecule has 1 N–H and O–H groups in total. The fourth-order valence-electron chi connectivity index (χ4n) is 4.09. The molecule has 1 heterocycles. The van der Waals surface area contributed by atoms with E-state index in [0.717, 1.165) is 6.42 Å². The first-order valence-electron chi connectivity index (χ1n) is 6.97. The molecule has 1 saturated heterocycles. The van der Waals surface area contributed by atoms with Crippen LogP contribution in [0.1, 0.15) is 6.42 Å². The molecule has 110 valence electrons. The minimum absolute atomic E-state index is 0.0490. The van der Waals surface area contributed by atoms with Crippen LogP contribution in [-0.2, 0) is 14.3 Å². The van der Waals surface area contributed by atoms with Crippen molar-refractivity contribution in [1.82, 2.24) is 0 Å². The summed E-state index contributed by atoms with van der Waals surface area (Å²) < 4.78 is 5.41. The van der Waals surface area contributed by atoms with Crippen molar-refractivity contribution >= 4 is 45.1 Å². The highest BCUT2D eigenvalue weighted by Crippen LogP contribution is 2.60. The lowest BCUT2D eigenvalue weighted by molar-refractivity contribution is -0.145. The number of anilines is 1. The standard InChI is InChI=1S/C15H13BrClNO3/c16-12-8-5-9-11(15(20)21-13(9)12)10(8)14(19)18-7-3-1-6(17)2-4-7/h1-4,8-13H,5H2,(H,18,19)/t8-,9-,10-,11+,12-,13+/m1/s1. The topological polar surface area (TPSA) is 55.4 Å². The van der Waals surface area contributed by atoms with Crippen molar-refractivity contribution in [3.05, 3.63) is 29.3 Å². The highest BCUT2D eigenvalue weighted by atomic mass is 79.9. The van der Waals surface area contributed by atoms with Crippen molar-refractivity contribution in [2.45, 2.75) is 17.4 Å². The Morgan fingerprint density at radius 3 is 2.71 bits per heavy atom. The smallest absolute Gasteiger partial charge is 0.310 e. The van der Waals surface area contributed by atoms with Crippen LogP contribution in [0.25, 0.3) is 0 Å². The second-order valence-electron chi connectivity index (χ2n) is 5.96. The molecule has 4 rings (SSSR count). The zero-order valence-corrected chi connectivity index (χ0v) is 13.3. The van der Waals surface area contributed by atoms with Gasteiger partial charge in [-0.25, -0.2) is 0 Å². The summed E-state index contributed by atoms with van der Waals surface area (Å²) in [5.74, 6) is -0.540. The highest BCUT2D eigenvalue weighted by molar-refractivity contribution is 9.09. The number of hydrogen-bond donors (Lipinski definition) is 1. The van der Waals surface area contributed by atoms with Gasteiger partial charge in [0.25, 0.3) is 0 Å². The van der Waals surface area contributed by atoms with Gasteiger partial charge in [-0.15, -0.1) is 0 Å². The third-order valence-corrected chi connectivity index (χ3v) is 6.39. The monoisotopic (exact) mass is 369 g/mol. The van der Waals surface area contributed by atoms with Gasteiger partial charge in [0.15, 0.2) is 0 Å². The maximum Gasteiger partial charge on any atom is 0.310 e. The Bertz CT molecular complexity index is 620. The largest absolute Gasteiger partial charge is 0.461 e. The molecule has 0 aromatic heterocycles. The summed E-state index contributed by atoms with van der Waals surface area (Å²) in [5.41, 5.74) is 0.696. The number of fused-ring (bicyclic) bond motifs is 1. The third kappa shape index (κ3) is 1.94. The zero-order chi connectivity index (χ0) is 14.7. The molecular weight excluding hydrogens is 358 g/mol. The van der Waals surface area contributed by atoms with E-state index in [1.165, 1.54) is 0 Å². The number of ether oxygens (including phenoxy) is 1. The third-order valence-electron chi connectivity index (χ3n) is 4.94. The van der Waals surface area contributed by atoms with Gasteiger partial charge in [0.1, 0.15) is 6.10 Å². The number of amides is 1. The average Bonchev–Trinajstić information content (AvgIpc) is 3.05. The van der Waals surface area contributed by atoms with E-state index in [1.54, 1.807) is 24.3 Å². The quantitative estimate of drug-likeness (QED) is 0.643. The van der Waals surface area contributed by atoms with Crippen molar-refractivity contribution in [1.29, 1.82) is 0 Å². The van der Waals surface area contributed by atoms with Crippen LogP contribution in [0.2, 0.25) is 5.02 Å². The van der Waals surface area contributed by atoms with Gasteiger partial charge in [0, 0.05) is 16.6 Å². The summed E-state index contributed by atoms with van der Waals surface area (Å²) in [6.45, 7) is 0. The highest BCUT2D eigenvalue weighted by Gasteiger charge is 2.67. The van der Waals surface area contributed by atoms with Crippen molar-refractivity contribution < 1.29 is 14.3 Å². The average molecular weight is 371 g/mol. The molecule has 21 heavy (non-hydrogen) atoms. The molecule has 0 spiro atoms. The van der Waals surface area contributed by atoms with E-state index < -0.39 is 0 Å². The fraction of sp³-hybridized carbons (Fsp3) is 0.467. The molecule has 1 aliphatic heterocycles. The molecule has 3 fully saturated rings. The van der Waals surface area contributed by atoms with Gasteiger partial charge < -0.3 is 10.1 Å². The summed E-state index contributed by atoms with van der Waals surface area (Å²) >= 11 is 9.44. The molecule has 6 atom stereocenters. The van der Waals surface area contributed by atoms with Gasteiger partial charge in [0.2, 0.25) is 5.91 Å². The molecule has 1 aromatic rings. The first-order valence-corrected chi connectivity index (χ1v) is 8.26. The summed E-state index contributed by atoms with van der Waals surface area (Å²) in [6.07, 6.45) is 0.836. The van der Waals surface area contributed by atoms with E-state index in [1.807, 2.05) is 0 Å². The van der Waals surface area contributed by atoms with E-state index in [2.05, 4.69) is 21.2 Å². The van der Waals surface area contributed by atoms with E-state index in [4.69, 9.17) is 16.3 Å². The van der Waals surface area contributed by atoms with Crippen LogP contribution in [-0.4, -0.2) is 22.8 Å². The molecule has 3 aliphatic rings. The van der Waals surface area contributed by atoms with Gasteiger partial charge in [-0.05, 0) is 36.6 Å². The van der Waals surface area contributed by atoms with Crippen molar-refractivity contribution in [3.63, 3.8) is 0 Å². The number of alkyl halides is 1. The summed E-state index contributed by atoms with van der Waals surface area (Å²) in [7, 11) is 0. The minimum atomic E-state index is -0.304. The lowest BCUT2D eigenvalue weighted by Gasteiger charge is -2.27. The Hall–Kier alpha value is -1.07. The number of rotatable bonds is 2. The predicted octanol–water partition coefficient (Wildman–Crippen LogP) is 2.85. The SMILES string of the molecule is O=C(Nc1ccc(Cl)cc1)[C@@H]1[C@H]2C[C@H]3[C@H](OC(=O)[C@@H]31)[C@@H]2Br. The minimum Gasteiger partial charge on any atom is -0.461 e. The lowest BCUT2D eigenvalue weighted by atomic mass is 9.79. The van der Waals surface area contributed by atoms with Crippen LogP contribution in [0.4, 0.5) is 5.69 Å². The van der Waals surface area contributed by atoms with Crippen LogP contribution in [0, 0.1) is 23.7 Å². The van der Waals surface area contributed by atoms with E-state index in [0.29, 0.717) is 10.7 Å². The van der Waals surface area contributed by atoms with E-state index in [9.17, 15) is 9.59 Å². The Morgan fingerprint density at radius 2 is 2.00 bits per heavy atom. The molecular formula is C15H13BrClNO3. The summed E-state index contributed by atoms with van der Waals surface area (Å²) in [4.78, 5) is 24.7. The number of carbonyl (C=O) groups is 2. The summed E-state index contributed by atoms with van der Waals surface area (Å²) in [6, 6.07) is 6.97. The predicted molar refractivity (Wildman–Crippen MR) is 81.3 cm³/mol. The molecule has 0 unspecified atom stereocenters. The number of halogens is 2. The maximum atomic E-state index is 12.6. The van der Waals surface area contributed by atoms with E-state index in [-0.39, 0.29) is 46.5 Å². The Morgan fingerprint density at radius 1 is 1.29 bits per heavy atom. The Labute approximate surface area is 135 Å². The van der Waals surface area contributed by atoms with Crippen LogP contribution in [0.5, 0.6) is 0 Å². The van der Waals surface area contributed by atoms with Gasteiger partial charge in [-0.3, -0.25) is 9.59 Å². The van der Waals surface area contributed by atoms with Crippen LogP contribution < -0.4 is 5.32 Å². The van der Waals surface area contributed by atoms with Crippen molar-refractivity contribution in [2.75, 3.05) is 5.32 Å². The zero-order valence-electron chi connectivity index (χ0n) is 11.0. The Kier molecular flexibility index (Phi) is 3.05. The molecule has 0 radical (unpaired) electrons. The van der Waals surface area contributed by atoms with Crippen molar-refractivity contribution in [3.8, 4) is 0 Å². The molecule has 2 bridgehead atoms. The molecule has 2 aliphatic carbocycles. The van der Waals surface area contributed by atoms with Crippen molar-refractivity contribution in [2.24, 2.45) is 23.7 Å². The van der Waals surface area contributed by atoms with Gasteiger partial charge >= 0.3 is 5.97 Å². The number of esters is 1. The first-order chi connectivity index (χ1) is 10.1. The molecule has 6 heteroatoms. The number of hydrogen-bond acceptors (Lipinski definition) is 3.